The Balaban J connectivity index is 1.72. The molecule has 180 valence electrons. The highest BCUT2D eigenvalue weighted by Crippen LogP contribution is 2.46. The highest BCUT2D eigenvalue weighted by atomic mass is 19.3. The van der Waals surface area contributed by atoms with Crippen molar-refractivity contribution in [2.75, 3.05) is 6.54 Å². The third-order valence-electron chi connectivity index (χ3n) is 6.34. The Morgan fingerprint density at radius 3 is 2.30 bits per heavy atom. The lowest BCUT2D eigenvalue weighted by Crippen LogP contribution is -2.49. The summed E-state index contributed by atoms with van der Waals surface area (Å²) in [4.78, 5) is 11.7. The molecule has 2 aromatic rings. The molecule has 33 heavy (non-hydrogen) atoms. The van der Waals surface area contributed by atoms with Crippen LogP contribution >= 0.6 is 0 Å². The van der Waals surface area contributed by atoms with Crippen molar-refractivity contribution in [3.05, 3.63) is 70.8 Å². The lowest BCUT2D eigenvalue weighted by Gasteiger charge is -2.28. The monoisotopic (exact) mass is 466 g/mol. The highest BCUT2D eigenvalue weighted by Gasteiger charge is 2.45. The van der Waals surface area contributed by atoms with Crippen molar-refractivity contribution in [3.63, 3.8) is 0 Å². The Bertz CT molecular complexity index is 972. The summed E-state index contributed by atoms with van der Waals surface area (Å²) in [7, 11) is 0. The van der Waals surface area contributed by atoms with Gasteiger partial charge in [0.2, 0.25) is 12.3 Å². The molecule has 1 fully saturated rings. The SMILES string of the molecule is CC(=O)NC(Cc1cc(F)cc(F)c1)C(O)CNC1(c2cccc(C(C)(C)C(F)F)c2)CC1. The van der Waals surface area contributed by atoms with Gasteiger partial charge in [-0.2, -0.15) is 0 Å². The third-order valence-corrected chi connectivity index (χ3v) is 6.34. The second kappa shape index (κ2) is 9.81. The summed E-state index contributed by atoms with van der Waals surface area (Å²) in [6, 6.07) is 9.41. The van der Waals surface area contributed by atoms with Gasteiger partial charge in [0, 0.05) is 25.1 Å². The summed E-state index contributed by atoms with van der Waals surface area (Å²) in [5.41, 5.74) is -0.0195. The van der Waals surface area contributed by atoms with Crippen LogP contribution in [0.3, 0.4) is 0 Å². The van der Waals surface area contributed by atoms with E-state index in [1.54, 1.807) is 18.2 Å². The summed E-state index contributed by atoms with van der Waals surface area (Å²) < 4.78 is 54.1. The maximum Gasteiger partial charge on any atom is 0.247 e. The normalized spacial score (nSPS) is 17.0. The van der Waals surface area contributed by atoms with Crippen LogP contribution in [-0.2, 0) is 22.2 Å². The van der Waals surface area contributed by atoms with Crippen LogP contribution < -0.4 is 10.6 Å². The lowest BCUT2D eigenvalue weighted by molar-refractivity contribution is -0.120. The van der Waals surface area contributed by atoms with Crippen LogP contribution in [0.4, 0.5) is 17.6 Å². The number of halogens is 4. The van der Waals surface area contributed by atoms with Crippen molar-refractivity contribution in [2.45, 2.75) is 69.6 Å². The van der Waals surface area contributed by atoms with Gasteiger partial charge in [0.15, 0.2) is 0 Å². The predicted octanol–water partition coefficient (Wildman–Crippen LogP) is 4.19. The van der Waals surface area contributed by atoms with Gasteiger partial charge >= 0.3 is 0 Å². The molecule has 0 saturated heterocycles. The van der Waals surface area contributed by atoms with Gasteiger partial charge in [0.25, 0.3) is 0 Å². The Hall–Kier alpha value is -2.45. The number of carbonyl (C=O) groups excluding carboxylic acids is 1. The van der Waals surface area contributed by atoms with Gasteiger partial charge < -0.3 is 15.7 Å². The molecule has 0 radical (unpaired) electrons. The fourth-order valence-corrected chi connectivity index (χ4v) is 4.01. The van der Waals surface area contributed by atoms with Crippen molar-refractivity contribution in [1.29, 1.82) is 0 Å². The third kappa shape index (κ3) is 6.12. The minimum Gasteiger partial charge on any atom is -0.390 e. The number of carbonyl (C=O) groups is 1. The zero-order chi connectivity index (χ0) is 24.4. The Kier molecular flexibility index (Phi) is 7.49. The average molecular weight is 467 g/mol. The maximum atomic E-state index is 13.6. The standard InChI is InChI=1S/C25H30F4N2O2/c1-15(32)31-21(11-16-9-19(26)13-20(27)10-16)22(33)14-30-25(7-8-25)18-6-4-5-17(12-18)24(2,3)23(28)29/h4-6,9-10,12-13,21-23,30,33H,7-8,11,14H2,1-3H3,(H,31,32). The van der Waals surface area contributed by atoms with Crippen molar-refractivity contribution >= 4 is 5.91 Å². The largest absolute Gasteiger partial charge is 0.390 e. The van der Waals surface area contributed by atoms with E-state index in [2.05, 4.69) is 10.6 Å². The first-order valence-corrected chi connectivity index (χ1v) is 11.0. The number of amides is 1. The molecule has 0 bridgehead atoms. The van der Waals surface area contributed by atoms with E-state index in [1.807, 2.05) is 6.07 Å². The minimum atomic E-state index is -2.51. The van der Waals surface area contributed by atoms with Crippen molar-refractivity contribution in [3.8, 4) is 0 Å². The van der Waals surface area contributed by atoms with Crippen LogP contribution in [0.15, 0.2) is 42.5 Å². The van der Waals surface area contributed by atoms with Crippen LogP contribution in [0.2, 0.25) is 0 Å². The number of nitrogens with one attached hydrogen (secondary N) is 2. The lowest BCUT2D eigenvalue weighted by atomic mass is 9.83. The van der Waals surface area contributed by atoms with Gasteiger partial charge in [-0.3, -0.25) is 4.79 Å². The van der Waals surface area contributed by atoms with E-state index >= 15 is 0 Å². The van der Waals surface area contributed by atoms with Gasteiger partial charge in [-0.15, -0.1) is 0 Å². The summed E-state index contributed by atoms with van der Waals surface area (Å²) >= 11 is 0. The van der Waals surface area contributed by atoms with Crippen LogP contribution in [-0.4, -0.2) is 36.1 Å². The molecule has 1 aliphatic carbocycles. The minimum absolute atomic E-state index is 0.0438. The van der Waals surface area contributed by atoms with Gasteiger partial charge in [-0.05, 0) is 48.1 Å². The van der Waals surface area contributed by atoms with E-state index in [9.17, 15) is 27.5 Å². The topological polar surface area (TPSA) is 61.4 Å². The second-order valence-electron chi connectivity index (χ2n) is 9.42. The number of benzene rings is 2. The molecule has 2 atom stereocenters. The zero-order valence-electron chi connectivity index (χ0n) is 19.0. The van der Waals surface area contributed by atoms with E-state index in [1.165, 1.54) is 20.8 Å². The molecule has 8 heteroatoms. The van der Waals surface area contributed by atoms with E-state index < -0.39 is 41.2 Å². The van der Waals surface area contributed by atoms with Gasteiger partial charge in [0.05, 0.1) is 17.6 Å². The molecule has 3 rings (SSSR count). The summed E-state index contributed by atoms with van der Waals surface area (Å²) in [6.45, 7) is 4.41. The molecule has 0 aliphatic heterocycles. The quantitative estimate of drug-likeness (QED) is 0.460. The van der Waals surface area contributed by atoms with Crippen molar-refractivity contribution in [1.82, 2.24) is 10.6 Å². The summed E-state index contributed by atoms with van der Waals surface area (Å²) in [6.07, 6.45) is -1.96. The zero-order valence-corrected chi connectivity index (χ0v) is 19.0. The highest BCUT2D eigenvalue weighted by molar-refractivity contribution is 5.73. The predicted molar refractivity (Wildman–Crippen MR) is 118 cm³/mol. The number of aliphatic hydroxyl groups excluding tert-OH is 1. The fourth-order valence-electron chi connectivity index (χ4n) is 4.01. The first-order chi connectivity index (χ1) is 15.4. The van der Waals surface area contributed by atoms with Gasteiger partial charge in [0.1, 0.15) is 11.6 Å². The molecule has 1 amide bonds. The molecule has 2 aromatic carbocycles. The molecule has 0 aromatic heterocycles. The number of hydrogen-bond donors (Lipinski definition) is 3. The van der Waals surface area contributed by atoms with Gasteiger partial charge in [-0.25, -0.2) is 17.6 Å². The number of aliphatic hydroxyl groups is 1. The molecule has 1 aliphatic rings. The van der Waals surface area contributed by atoms with E-state index in [0.717, 1.165) is 36.6 Å². The first kappa shape index (κ1) is 25.2. The maximum absolute atomic E-state index is 13.6. The van der Waals surface area contributed by atoms with E-state index in [0.29, 0.717) is 11.1 Å². The number of rotatable bonds is 10. The van der Waals surface area contributed by atoms with Crippen LogP contribution in [0, 0.1) is 11.6 Å². The smallest absolute Gasteiger partial charge is 0.247 e. The van der Waals surface area contributed by atoms with Crippen LogP contribution in [0.25, 0.3) is 0 Å². The Labute approximate surface area is 191 Å². The van der Waals surface area contributed by atoms with Crippen LogP contribution in [0.1, 0.15) is 50.3 Å². The first-order valence-electron chi connectivity index (χ1n) is 11.0. The van der Waals surface area contributed by atoms with Gasteiger partial charge in [-0.1, -0.05) is 38.1 Å². The molecule has 3 N–H and O–H groups in total. The van der Waals surface area contributed by atoms with Crippen molar-refractivity contribution in [2.24, 2.45) is 0 Å². The Morgan fingerprint density at radius 1 is 1.12 bits per heavy atom. The number of alkyl halides is 2. The number of hydrogen-bond acceptors (Lipinski definition) is 3. The summed E-state index contributed by atoms with van der Waals surface area (Å²) in [5, 5.41) is 16.8. The van der Waals surface area contributed by atoms with Crippen LogP contribution in [0.5, 0.6) is 0 Å². The average Bonchev–Trinajstić information content (AvgIpc) is 3.51. The molecular weight excluding hydrogens is 436 g/mol. The molecule has 1 saturated carbocycles. The molecular formula is C25H30F4N2O2. The molecule has 4 nitrogen and oxygen atoms in total. The second-order valence-corrected chi connectivity index (χ2v) is 9.42. The van der Waals surface area contributed by atoms with E-state index in [-0.39, 0.29) is 18.9 Å². The Morgan fingerprint density at radius 2 is 1.76 bits per heavy atom. The molecule has 0 spiro atoms. The molecule has 0 heterocycles. The fraction of sp³-hybridized carbons (Fsp3) is 0.480. The summed E-state index contributed by atoms with van der Waals surface area (Å²) in [5.74, 6) is -1.84. The molecule has 2 unspecified atom stereocenters. The van der Waals surface area contributed by atoms with E-state index in [4.69, 9.17) is 0 Å². The van der Waals surface area contributed by atoms with Crippen molar-refractivity contribution < 1.29 is 27.5 Å².